The fourth-order valence-corrected chi connectivity index (χ4v) is 4.77. The van der Waals surface area contributed by atoms with Crippen molar-refractivity contribution >= 4 is 22.9 Å². The highest BCUT2D eigenvalue weighted by Gasteiger charge is 2.19. The number of aryl methyl sites for hydroxylation is 1. The van der Waals surface area contributed by atoms with Gasteiger partial charge in [0.15, 0.2) is 0 Å². The minimum Gasteiger partial charge on any atom is -0.508 e. The van der Waals surface area contributed by atoms with Crippen LogP contribution in [0.15, 0.2) is 54.6 Å². The second-order valence-corrected chi connectivity index (χ2v) is 8.88. The Morgan fingerprint density at radius 3 is 2.50 bits per heavy atom. The second-order valence-electron chi connectivity index (χ2n) is 7.83. The van der Waals surface area contributed by atoms with Crippen molar-refractivity contribution < 1.29 is 19.4 Å². The van der Waals surface area contributed by atoms with E-state index >= 15 is 0 Å². The van der Waals surface area contributed by atoms with Gasteiger partial charge in [-0.05, 0) is 72.6 Å². The predicted molar refractivity (Wildman–Crippen MR) is 128 cm³/mol. The Kier molecular flexibility index (Phi) is 7.09. The van der Waals surface area contributed by atoms with Gasteiger partial charge in [-0.15, -0.1) is 11.3 Å². The average molecular weight is 453 g/mol. The Balaban J connectivity index is 1.37. The first kappa shape index (κ1) is 22.3. The highest BCUT2D eigenvalue weighted by Crippen LogP contribution is 2.33. The van der Waals surface area contributed by atoms with E-state index in [1.54, 1.807) is 24.1 Å². The zero-order valence-corrected chi connectivity index (χ0v) is 19.2. The molecule has 1 aromatic heterocycles. The SMILES string of the molecule is Cc1cc(-c2ccc(O)cc2)sc1C(=O)N(C)c1ccc(OCCN2CCOCC2)cc1. The fourth-order valence-electron chi connectivity index (χ4n) is 3.62. The largest absolute Gasteiger partial charge is 0.508 e. The molecule has 1 amide bonds. The van der Waals surface area contributed by atoms with E-state index in [0.29, 0.717) is 11.5 Å². The Hall–Kier alpha value is -2.87. The number of ether oxygens (including phenoxy) is 2. The van der Waals surface area contributed by atoms with Crippen LogP contribution in [0.3, 0.4) is 0 Å². The molecule has 0 aliphatic carbocycles. The van der Waals surface area contributed by atoms with Crippen LogP contribution in [0.4, 0.5) is 5.69 Å². The molecule has 0 bridgehead atoms. The molecule has 2 heterocycles. The Morgan fingerprint density at radius 1 is 1.12 bits per heavy atom. The standard InChI is InChI=1S/C25H28N2O4S/c1-18-17-23(19-3-7-21(28)8-4-19)32-24(18)25(29)26(2)20-5-9-22(10-6-20)31-16-13-27-11-14-30-15-12-27/h3-10,17,28H,11-16H2,1-2H3. The molecule has 0 unspecified atom stereocenters. The van der Waals surface area contributed by atoms with Gasteiger partial charge in [0.05, 0.1) is 18.1 Å². The lowest BCUT2D eigenvalue weighted by Gasteiger charge is -2.26. The number of morpholine rings is 1. The fraction of sp³-hybridized carbons (Fsp3) is 0.320. The molecule has 7 heteroatoms. The molecule has 0 radical (unpaired) electrons. The normalized spacial score (nSPS) is 14.3. The third kappa shape index (κ3) is 5.30. The number of amides is 1. The van der Waals surface area contributed by atoms with Crippen molar-refractivity contribution in [1.29, 1.82) is 0 Å². The van der Waals surface area contributed by atoms with Gasteiger partial charge in [-0.2, -0.15) is 0 Å². The molecule has 0 spiro atoms. The first-order valence-corrected chi connectivity index (χ1v) is 11.5. The number of aromatic hydroxyl groups is 1. The molecule has 6 nitrogen and oxygen atoms in total. The smallest absolute Gasteiger partial charge is 0.268 e. The predicted octanol–water partition coefficient (Wildman–Crippen LogP) is 4.42. The van der Waals surface area contributed by atoms with Gasteiger partial charge >= 0.3 is 0 Å². The number of carbonyl (C=O) groups is 1. The number of thiophene rings is 1. The zero-order valence-electron chi connectivity index (χ0n) is 18.4. The van der Waals surface area contributed by atoms with Gasteiger partial charge in [0.2, 0.25) is 0 Å². The Labute approximate surface area is 192 Å². The molecule has 3 aromatic rings. The van der Waals surface area contributed by atoms with Crippen molar-refractivity contribution in [3.63, 3.8) is 0 Å². The van der Waals surface area contributed by atoms with Gasteiger partial charge in [-0.25, -0.2) is 0 Å². The van der Waals surface area contributed by atoms with Crippen molar-refractivity contribution in [3.05, 3.63) is 65.0 Å². The van der Waals surface area contributed by atoms with Gasteiger partial charge in [0.1, 0.15) is 18.1 Å². The molecule has 0 saturated carbocycles. The van der Waals surface area contributed by atoms with E-state index in [4.69, 9.17) is 9.47 Å². The van der Waals surface area contributed by atoms with Crippen molar-refractivity contribution in [1.82, 2.24) is 4.90 Å². The quantitative estimate of drug-likeness (QED) is 0.575. The van der Waals surface area contributed by atoms with Gasteiger partial charge in [0.25, 0.3) is 5.91 Å². The lowest BCUT2D eigenvalue weighted by Crippen LogP contribution is -2.38. The van der Waals surface area contributed by atoms with Crippen molar-refractivity contribution in [2.75, 3.05) is 51.4 Å². The number of nitrogens with zero attached hydrogens (tertiary/aromatic N) is 2. The number of hydrogen-bond acceptors (Lipinski definition) is 6. The van der Waals surface area contributed by atoms with Crippen molar-refractivity contribution in [3.8, 4) is 21.9 Å². The summed E-state index contributed by atoms with van der Waals surface area (Å²) in [7, 11) is 1.79. The summed E-state index contributed by atoms with van der Waals surface area (Å²) in [6, 6.07) is 16.7. The molecule has 1 aliphatic rings. The van der Waals surface area contributed by atoms with Gasteiger partial charge in [-0.3, -0.25) is 9.69 Å². The Bertz CT molecular complexity index is 1040. The molecule has 168 valence electrons. The maximum atomic E-state index is 13.1. The van der Waals surface area contributed by atoms with E-state index in [1.165, 1.54) is 11.3 Å². The van der Waals surface area contributed by atoms with Crippen molar-refractivity contribution in [2.45, 2.75) is 6.92 Å². The van der Waals surface area contributed by atoms with E-state index in [1.807, 2.05) is 49.4 Å². The maximum Gasteiger partial charge on any atom is 0.268 e. The first-order valence-electron chi connectivity index (χ1n) is 10.7. The van der Waals surface area contributed by atoms with E-state index in [0.717, 1.165) is 60.3 Å². The molecular formula is C25H28N2O4S. The summed E-state index contributed by atoms with van der Waals surface area (Å²) in [5.41, 5.74) is 2.74. The maximum absolute atomic E-state index is 13.1. The van der Waals surface area contributed by atoms with Crippen LogP contribution in [0, 0.1) is 6.92 Å². The van der Waals surface area contributed by atoms with E-state index in [9.17, 15) is 9.90 Å². The number of phenolic OH excluding ortho intramolecular Hbond substituents is 1. The molecule has 2 aromatic carbocycles. The molecule has 32 heavy (non-hydrogen) atoms. The molecule has 1 aliphatic heterocycles. The van der Waals surface area contributed by atoms with E-state index in [-0.39, 0.29) is 11.7 Å². The van der Waals surface area contributed by atoms with Crippen LogP contribution in [0.25, 0.3) is 10.4 Å². The molecule has 1 saturated heterocycles. The summed E-state index contributed by atoms with van der Waals surface area (Å²) in [5.74, 6) is 0.981. The summed E-state index contributed by atoms with van der Waals surface area (Å²) in [6.07, 6.45) is 0. The molecule has 1 N–H and O–H groups in total. The highest BCUT2D eigenvalue weighted by atomic mass is 32.1. The summed E-state index contributed by atoms with van der Waals surface area (Å²) in [5, 5.41) is 9.50. The third-order valence-corrected chi connectivity index (χ3v) is 6.85. The molecule has 4 rings (SSSR count). The number of anilines is 1. The average Bonchev–Trinajstić information content (AvgIpc) is 3.21. The van der Waals surface area contributed by atoms with Crippen LogP contribution in [0.5, 0.6) is 11.5 Å². The van der Waals surface area contributed by atoms with Crippen LogP contribution < -0.4 is 9.64 Å². The van der Waals surface area contributed by atoms with Gasteiger partial charge in [-0.1, -0.05) is 0 Å². The Morgan fingerprint density at radius 2 is 1.81 bits per heavy atom. The minimum absolute atomic E-state index is 0.0430. The van der Waals surface area contributed by atoms with Crippen LogP contribution >= 0.6 is 11.3 Å². The van der Waals surface area contributed by atoms with Crippen LogP contribution in [0.1, 0.15) is 15.2 Å². The molecular weight excluding hydrogens is 424 g/mol. The lowest BCUT2D eigenvalue weighted by molar-refractivity contribution is 0.0322. The summed E-state index contributed by atoms with van der Waals surface area (Å²) in [6.45, 7) is 6.93. The van der Waals surface area contributed by atoms with Gasteiger partial charge < -0.3 is 19.5 Å². The molecule has 1 fully saturated rings. The third-order valence-electron chi connectivity index (χ3n) is 5.57. The van der Waals surface area contributed by atoms with E-state index < -0.39 is 0 Å². The number of hydrogen-bond donors (Lipinski definition) is 1. The van der Waals surface area contributed by atoms with Crippen LogP contribution in [0.2, 0.25) is 0 Å². The zero-order chi connectivity index (χ0) is 22.5. The van der Waals surface area contributed by atoms with E-state index in [2.05, 4.69) is 4.90 Å². The number of benzene rings is 2. The topological polar surface area (TPSA) is 62.2 Å². The number of rotatable bonds is 7. The monoisotopic (exact) mass is 452 g/mol. The summed E-state index contributed by atoms with van der Waals surface area (Å²) >= 11 is 1.47. The van der Waals surface area contributed by atoms with Crippen molar-refractivity contribution in [2.24, 2.45) is 0 Å². The summed E-state index contributed by atoms with van der Waals surface area (Å²) < 4.78 is 11.2. The summed E-state index contributed by atoms with van der Waals surface area (Å²) in [4.78, 5) is 18.9. The first-order chi connectivity index (χ1) is 15.5. The second kappa shape index (κ2) is 10.2. The van der Waals surface area contributed by atoms with Crippen LogP contribution in [-0.4, -0.2) is 62.4 Å². The number of carbonyl (C=O) groups excluding carboxylic acids is 1. The minimum atomic E-state index is -0.0430. The lowest BCUT2D eigenvalue weighted by atomic mass is 10.1. The number of phenols is 1. The van der Waals surface area contributed by atoms with Gasteiger partial charge in [0, 0.05) is 37.2 Å². The molecule has 0 atom stereocenters. The highest BCUT2D eigenvalue weighted by molar-refractivity contribution is 7.17. The van der Waals surface area contributed by atoms with Crippen LogP contribution in [-0.2, 0) is 4.74 Å².